The highest BCUT2D eigenvalue weighted by atomic mass is 32.1. The number of thiophene rings is 2. The van der Waals surface area contributed by atoms with Gasteiger partial charge in [0.05, 0.1) is 10.8 Å². The van der Waals surface area contributed by atoms with Crippen LogP contribution in [-0.2, 0) is 10.8 Å². The van der Waals surface area contributed by atoms with E-state index in [0.29, 0.717) is 17.5 Å². The summed E-state index contributed by atoms with van der Waals surface area (Å²) in [5, 5.41) is 13.0. The van der Waals surface area contributed by atoms with E-state index in [4.69, 9.17) is 15.0 Å². The average Bonchev–Trinajstić information content (AvgIpc) is 2.29. The van der Waals surface area contributed by atoms with E-state index in [-0.39, 0.29) is 0 Å². The number of nitrogens with zero attached hydrogens (tertiary/aromatic N) is 3. The second-order valence-electron chi connectivity index (χ2n) is 20.8. The third kappa shape index (κ3) is 4.96. The summed E-state index contributed by atoms with van der Waals surface area (Å²) in [4.78, 5) is 15.8. The molecule has 3 aliphatic carbocycles. The summed E-state index contributed by atoms with van der Waals surface area (Å²) < 4.78 is 5.31. The lowest BCUT2D eigenvalue weighted by atomic mass is 9.59. The van der Waals surface area contributed by atoms with Gasteiger partial charge in [0.25, 0.3) is 0 Å². The van der Waals surface area contributed by atoms with Crippen molar-refractivity contribution in [2.75, 3.05) is 0 Å². The Hall–Kier alpha value is -9.13. The van der Waals surface area contributed by atoms with Crippen LogP contribution in [0.4, 0.5) is 0 Å². The average molecular weight is 998 g/mol. The number of rotatable bonds is 5. The van der Waals surface area contributed by atoms with Crippen LogP contribution in [-0.4, -0.2) is 15.0 Å². The fourth-order valence-electron chi connectivity index (χ4n) is 14.7. The maximum absolute atomic E-state index is 5.33. The molecular weight excluding hydrogens is 959 g/mol. The molecule has 3 aromatic heterocycles. The van der Waals surface area contributed by atoms with Gasteiger partial charge >= 0.3 is 0 Å². The fourth-order valence-corrected chi connectivity index (χ4v) is 17.2. The Balaban J connectivity index is 0.943. The molecule has 0 N–H and O–H groups in total. The third-order valence-corrected chi connectivity index (χ3v) is 19.9. The zero-order valence-corrected chi connectivity index (χ0v) is 42.3. The van der Waals surface area contributed by atoms with Crippen LogP contribution in [0.15, 0.2) is 237 Å². The highest BCUT2D eigenvalue weighted by molar-refractivity contribution is 7.26. The molecule has 3 nitrogen and oxygen atoms in total. The Bertz CT molecular complexity index is 4770. The van der Waals surface area contributed by atoms with Gasteiger partial charge in [-0.15, -0.1) is 22.7 Å². The van der Waals surface area contributed by atoms with E-state index in [0.717, 1.165) is 22.1 Å². The quantitative estimate of drug-likeness (QED) is 0.172. The Morgan fingerprint density at radius 2 is 0.579 bits per heavy atom. The predicted octanol–water partition coefficient (Wildman–Crippen LogP) is 18.7. The summed E-state index contributed by atoms with van der Waals surface area (Å²) in [6.45, 7) is 0. The lowest BCUT2D eigenvalue weighted by Gasteiger charge is -2.40. The minimum atomic E-state index is -0.592. The first-order chi connectivity index (χ1) is 37.7. The normalized spacial score (nSPS) is 16.8. The Morgan fingerprint density at radius 1 is 0.237 bits per heavy atom. The fraction of sp³-hybridized carbons (Fsp3) is 0.0282. The molecule has 0 saturated carbocycles. The molecule has 18 rings (SSSR count). The van der Waals surface area contributed by atoms with E-state index in [1.807, 2.05) is 59.1 Å². The van der Waals surface area contributed by atoms with E-state index in [2.05, 4.69) is 200 Å². The summed E-state index contributed by atoms with van der Waals surface area (Å²) >= 11 is 3.81. The lowest BCUT2D eigenvalue weighted by molar-refractivity contribution is 0.492. The maximum Gasteiger partial charge on any atom is 0.164 e. The van der Waals surface area contributed by atoms with Gasteiger partial charge in [0.1, 0.15) is 0 Å². The molecule has 0 saturated heterocycles. The van der Waals surface area contributed by atoms with Gasteiger partial charge in [0.15, 0.2) is 17.5 Å². The van der Waals surface area contributed by atoms with E-state index in [1.165, 1.54) is 123 Å². The molecule has 76 heavy (non-hydrogen) atoms. The van der Waals surface area contributed by atoms with Gasteiger partial charge in [-0.2, -0.15) is 0 Å². The summed E-state index contributed by atoms with van der Waals surface area (Å²) in [5.41, 5.74) is 15.0. The van der Waals surface area contributed by atoms with Crippen molar-refractivity contribution in [3.05, 3.63) is 270 Å². The maximum atomic E-state index is 5.33. The van der Waals surface area contributed by atoms with Gasteiger partial charge in [0, 0.05) is 68.2 Å². The molecule has 0 amide bonds. The Labute approximate surface area is 444 Å². The molecule has 3 heterocycles. The van der Waals surface area contributed by atoms with Crippen LogP contribution < -0.4 is 0 Å². The number of hydrogen-bond acceptors (Lipinski definition) is 5. The SMILES string of the molecule is c1ccc(-c2nc(-c3ccccc3)nc(-c3ccc4c5c(cccc35)C35c6cccc7c(-c8cccc9c8sc8ccccc89)ccc(c67)C43c3ccc(-c4cccc6c4sc4ccccc46)c4cccc5c34)n2)cc1. The molecule has 0 aliphatic heterocycles. The van der Waals surface area contributed by atoms with Crippen LogP contribution in [0.5, 0.6) is 0 Å². The van der Waals surface area contributed by atoms with Crippen molar-refractivity contribution >= 4 is 95.3 Å². The van der Waals surface area contributed by atoms with Crippen LogP contribution in [0.1, 0.15) is 33.4 Å². The first-order valence-electron chi connectivity index (χ1n) is 26.1. The zero-order chi connectivity index (χ0) is 49.4. The molecule has 3 aliphatic rings. The van der Waals surface area contributed by atoms with Crippen LogP contribution >= 0.6 is 22.7 Å². The van der Waals surface area contributed by atoms with Crippen molar-refractivity contribution in [2.24, 2.45) is 0 Å². The summed E-state index contributed by atoms with van der Waals surface area (Å²) in [5.74, 6) is 1.98. The topological polar surface area (TPSA) is 38.7 Å². The van der Waals surface area contributed by atoms with Gasteiger partial charge in [0.2, 0.25) is 0 Å². The second kappa shape index (κ2) is 14.8. The van der Waals surface area contributed by atoms with Crippen LogP contribution in [0.25, 0.3) is 129 Å². The molecular formula is C71H39N3S2. The lowest BCUT2D eigenvalue weighted by Crippen LogP contribution is -2.42. The molecule has 5 heteroatoms. The van der Waals surface area contributed by atoms with Crippen molar-refractivity contribution in [1.29, 1.82) is 0 Å². The van der Waals surface area contributed by atoms with E-state index < -0.39 is 10.8 Å². The molecule has 0 atom stereocenters. The minimum Gasteiger partial charge on any atom is -0.208 e. The van der Waals surface area contributed by atoms with Crippen molar-refractivity contribution in [2.45, 2.75) is 10.8 Å². The number of aromatic nitrogens is 3. The molecule has 0 spiro atoms. The number of hydrogen-bond donors (Lipinski definition) is 0. The van der Waals surface area contributed by atoms with Crippen molar-refractivity contribution in [3.63, 3.8) is 0 Å². The van der Waals surface area contributed by atoms with Gasteiger partial charge in [-0.05, 0) is 89.0 Å². The van der Waals surface area contributed by atoms with E-state index in [1.54, 1.807) is 0 Å². The first kappa shape index (κ1) is 41.2. The van der Waals surface area contributed by atoms with Crippen molar-refractivity contribution in [3.8, 4) is 56.4 Å². The highest BCUT2D eigenvalue weighted by Gasteiger charge is 2.70. The van der Waals surface area contributed by atoms with Crippen molar-refractivity contribution in [1.82, 2.24) is 15.0 Å². The van der Waals surface area contributed by atoms with E-state index >= 15 is 0 Å². The Kier molecular flexibility index (Phi) is 8.03. The number of benzene rings is 12. The monoisotopic (exact) mass is 997 g/mol. The first-order valence-corrected chi connectivity index (χ1v) is 27.7. The van der Waals surface area contributed by atoms with Crippen molar-refractivity contribution < 1.29 is 0 Å². The summed E-state index contributed by atoms with van der Waals surface area (Å²) in [6, 6.07) is 88.3. The highest BCUT2D eigenvalue weighted by Crippen LogP contribution is 2.76. The van der Waals surface area contributed by atoms with Gasteiger partial charge in [-0.25, -0.2) is 15.0 Å². The largest absolute Gasteiger partial charge is 0.208 e. The zero-order valence-electron chi connectivity index (χ0n) is 40.7. The second-order valence-corrected chi connectivity index (χ2v) is 22.9. The Morgan fingerprint density at radius 3 is 1.04 bits per heavy atom. The number of fused-ring (bicyclic) bond motifs is 6. The van der Waals surface area contributed by atoms with Gasteiger partial charge < -0.3 is 0 Å². The molecule has 0 radical (unpaired) electrons. The predicted molar refractivity (Wildman–Crippen MR) is 318 cm³/mol. The molecule has 0 unspecified atom stereocenters. The standard InChI is InChI=1S/C71H39N3S2/c1-3-16-40(17-4-1)67-72-68(41-18-5-2-6-19-41)74-69(73-67)53-36-39-59-64-48(53)24-15-31-56(64)70-54-29-13-22-46-42(49-25-11-27-51-44-20-7-9-32-60(44)75-65(49)51)34-37-57(62(46)54)71(59,70)58-38-35-43(47-23-14-30-55(70)63(47)58)50-26-12-28-52-45-21-8-10-33-61(45)76-66(50)52/h1-39H. The molecule has 0 fully saturated rings. The van der Waals surface area contributed by atoms with E-state index in [9.17, 15) is 0 Å². The summed E-state index contributed by atoms with van der Waals surface area (Å²) in [7, 11) is 0. The van der Waals surface area contributed by atoms with Crippen LogP contribution in [0.3, 0.4) is 0 Å². The molecule has 12 aromatic carbocycles. The van der Waals surface area contributed by atoms with Gasteiger partial charge in [-0.3, -0.25) is 0 Å². The molecule has 15 aromatic rings. The van der Waals surface area contributed by atoms with Gasteiger partial charge in [-0.1, -0.05) is 224 Å². The smallest absolute Gasteiger partial charge is 0.164 e. The van der Waals surface area contributed by atoms with Crippen LogP contribution in [0.2, 0.25) is 0 Å². The molecule has 350 valence electrons. The van der Waals surface area contributed by atoms with Crippen LogP contribution in [0, 0.1) is 0 Å². The third-order valence-electron chi connectivity index (χ3n) is 17.4. The minimum absolute atomic E-state index is 0.592. The molecule has 0 bridgehead atoms. The summed E-state index contributed by atoms with van der Waals surface area (Å²) in [6.07, 6.45) is 0.